The monoisotopic (exact) mass is 483 g/mol. The second kappa shape index (κ2) is 10.3. The number of benzene rings is 1. The fourth-order valence-corrected chi connectivity index (χ4v) is 7.21. The highest BCUT2D eigenvalue weighted by molar-refractivity contribution is 6.30. The van der Waals surface area contributed by atoms with Crippen molar-refractivity contribution in [2.75, 3.05) is 0 Å². The molecule has 0 amide bonds. The quantitative estimate of drug-likeness (QED) is 0.472. The van der Waals surface area contributed by atoms with Gasteiger partial charge in [0.15, 0.2) is 0 Å². The number of aromatic nitrogens is 1. The lowest BCUT2D eigenvalue weighted by Gasteiger charge is -2.50. The number of carboxylic acids is 1. The van der Waals surface area contributed by atoms with Crippen molar-refractivity contribution in [2.24, 2.45) is 29.6 Å². The van der Waals surface area contributed by atoms with E-state index < -0.39 is 11.4 Å². The lowest BCUT2D eigenvalue weighted by Crippen LogP contribution is -2.53. The molecule has 1 unspecified atom stereocenters. The van der Waals surface area contributed by atoms with E-state index in [1.165, 1.54) is 12.5 Å². The number of carboxylic acid groups (broad SMARTS) is 1. The van der Waals surface area contributed by atoms with Gasteiger partial charge in [-0.3, -0.25) is 9.59 Å². The van der Waals surface area contributed by atoms with Crippen LogP contribution in [0.5, 0.6) is 0 Å². The van der Waals surface area contributed by atoms with Crippen molar-refractivity contribution in [3.63, 3.8) is 0 Å². The van der Waals surface area contributed by atoms with E-state index in [9.17, 15) is 14.7 Å². The van der Waals surface area contributed by atoms with E-state index in [1.54, 1.807) is 16.8 Å². The van der Waals surface area contributed by atoms with E-state index in [-0.39, 0.29) is 17.4 Å². The first-order chi connectivity index (χ1) is 16.2. The van der Waals surface area contributed by atoms with Crippen LogP contribution in [0.2, 0.25) is 5.02 Å². The van der Waals surface area contributed by atoms with Gasteiger partial charge in [0, 0.05) is 12.3 Å². The van der Waals surface area contributed by atoms with Gasteiger partial charge in [0.05, 0.1) is 17.0 Å². The molecule has 2 aliphatic carbocycles. The van der Waals surface area contributed by atoms with Gasteiger partial charge in [-0.2, -0.15) is 0 Å². The van der Waals surface area contributed by atoms with E-state index >= 15 is 0 Å². The summed E-state index contributed by atoms with van der Waals surface area (Å²) < 4.78 is 1.59. The van der Waals surface area contributed by atoms with Crippen LogP contribution in [0.4, 0.5) is 0 Å². The third-order valence-corrected chi connectivity index (χ3v) is 8.92. The largest absolute Gasteiger partial charge is 0.481 e. The van der Waals surface area contributed by atoms with Crippen molar-refractivity contribution >= 4 is 17.6 Å². The van der Waals surface area contributed by atoms with Crippen molar-refractivity contribution in [2.45, 2.75) is 77.7 Å². The third-order valence-electron chi connectivity index (χ3n) is 8.69. The topological polar surface area (TPSA) is 59.3 Å². The zero-order chi connectivity index (χ0) is 24.5. The van der Waals surface area contributed by atoms with Crippen LogP contribution in [0.25, 0.3) is 0 Å². The summed E-state index contributed by atoms with van der Waals surface area (Å²) >= 11 is 6.09. The van der Waals surface area contributed by atoms with Gasteiger partial charge in [-0.05, 0) is 72.5 Å². The van der Waals surface area contributed by atoms with Crippen molar-refractivity contribution in [3.8, 4) is 0 Å². The van der Waals surface area contributed by atoms with Crippen LogP contribution in [-0.2, 0) is 16.8 Å². The molecule has 1 aromatic heterocycles. The normalized spacial score (nSPS) is 25.4. The van der Waals surface area contributed by atoms with Crippen molar-refractivity contribution in [3.05, 3.63) is 69.1 Å². The van der Waals surface area contributed by atoms with Gasteiger partial charge in [0.2, 0.25) is 0 Å². The third kappa shape index (κ3) is 4.71. The van der Waals surface area contributed by atoms with Crippen LogP contribution in [0.3, 0.4) is 0 Å². The molecular weight excluding hydrogens is 446 g/mol. The summed E-state index contributed by atoms with van der Waals surface area (Å²) in [4.78, 5) is 25.6. The zero-order valence-electron chi connectivity index (χ0n) is 20.7. The van der Waals surface area contributed by atoms with E-state index in [0.717, 1.165) is 49.7 Å². The SMILES string of the molecule is CC(C)[C@@H]1CC[C@@H](C)C[C@H]1C(C(=O)O)(c1ccc(Cn2cc(Cl)ccc2=O)cc1)C1CCCC1. The maximum atomic E-state index is 13.4. The van der Waals surface area contributed by atoms with E-state index in [2.05, 4.69) is 20.8 Å². The van der Waals surface area contributed by atoms with Gasteiger partial charge in [0.25, 0.3) is 5.56 Å². The lowest BCUT2D eigenvalue weighted by molar-refractivity contribution is -0.153. The second-order valence-corrected chi connectivity index (χ2v) is 11.5. The molecule has 5 heteroatoms. The minimum Gasteiger partial charge on any atom is -0.481 e. The molecule has 184 valence electrons. The number of aliphatic carboxylic acids is 1. The molecular formula is C29H38ClNO3. The first-order valence-corrected chi connectivity index (χ1v) is 13.3. The van der Waals surface area contributed by atoms with Crippen LogP contribution < -0.4 is 5.56 Å². The minimum absolute atomic E-state index is 0.102. The Balaban J connectivity index is 1.76. The van der Waals surface area contributed by atoms with Crippen molar-refractivity contribution in [1.29, 1.82) is 0 Å². The molecule has 1 heterocycles. The maximum absolute atomic E-state index is 13.4. The van der Waals surface area contributed by atoms with E-state index in [1.807, 2.05) is 24.3 Å². The molecule has 0 radical (unpaired) electrons. The number of hydrogen-bond donors (Lipinski definition) is 1. The molecule has 34 heavy (non-hydrogen) atoms. The number of hydrogen-bond acceptors (Lipinski definition) is 2. The summed E-state index contributed by atoms with van der Waals surface area (Å²) in [5.74, 6) is 1.09. The Hall–Kier alpha value is -2.07. The number of pyridine rings is 1. The number of nitrogens with zero attached hydrogens (tertiary/aromatic N) is 1. The number of carbonyl (C=O) groups is 1. The van der Waals surface area contributed by atoms with Gasteiger partial charge in [-0.25, -0.2) is 0 Å². The fourth-order valence-electron chi connectivity index (χ4n) is 7.02. The maximum Gasteiger partial charge on any atom is 0.314 e. The summed E-state index contributed by atoms with van der Waals surface area (Å²) in [5, 5.41) is 11.5. The Morgan fingerprint density at radius 2 is 1.76 bits per heavy atom. The summed E-state index contributed by atoms with van der Waals surface area (Å²) in [5.41, 5.74) is 0.955. The Kier molecular flexibility index (Phi) is 7.57. The second-order valence-electron chi connectivity index (χ2n) is 11.1. The Morgan fingerprint density at radius 1 is 1.09 bits per heavy atom. The lowest BCUT2D eigenvalue weighted by atomic mass is 9.52. The van der Waals surface area contributed by atoms with Gasteiger partial charge in [-0.15, -0.1) is 0 Å². The highest BCUT2D eigenvalue weighted by Gasteiger charge is 2.56. The Labute approximate surface area is 208 Å². The average Bonchev–Trinajstić information content (AvgIpc) is 3.32. The molecule has 2 saturated carbocycles. The number of rotatable bonds is 7. The Morgan fingerprint density at radius 3 is 2.38 bits per heavy atom. The molecule has 0 aliphatic heterocycles. The molecule has 4 atom stereocenters. The van der Waals surface area contributed by atoms with Crippen LogP contribution in [0.15, 0.2) is 47.4 Å². The number of halogens is 1. The molecule has 1 N–H and O–H groups in total. The first-order valence-electron chi connectivity index (χ1n) is 12.9. The average molecular weight is 484 g/mol. The fraction of sp³-hybridized carbons (Fsp3) is 0.586. The van der Waals surface area contributed by atoms with Gasteiger partial charge >= 0.3 is 5.97 Å². The molecule has 2 aliphatic rings. The van der Waals surface area contributed by atoms with Crippen molar-refractivity contribution in [1.82, 2.24) is 4.57 Å². The molecule has 0 bridgehead atoms. The van der Waals surface area contributed by atoms with Crippen LogP contribution in [0, 0.1) is 29.6 Å². The van der Waals surface area contributed by atoms with Crippen molar-refractivity contribution < 1.29 is 9.90 Å². The molecule has 2 aromatic rings. The summed E-state index contributed by atoms with van der Waals surface area (Å²) in [6.07, 6.45) is 9.13. The van der Waals surface area contributed by atoms with Crippen LogP contribution in [-0.4, -0.2) is 15.6 Å². The highest BCUT2D eigenvalue weighted by atomic mass is 35.5. The molecule has 0 saturated heterocycles. The van der Waals surface area contributed by atoms with E-state index in [4.69, 9.17) is 11.6 Å². The molecule has 4 rings (SSSR count). The predicted molar refractivity (Wildman–Crippen MR) is 137 cm³/mol. The highest BCUT2D eigenvalue weighted by Crippen LogP contribution is 2.55. The standard InChI is InChI=1S/C29H38ClNO3/c1-19(2)25-14-8-20(3)16-26(25)29(28(33)34,22-6-4-5-7-22)23-11-9-21(10-12-23)17-31-18-24(30)13-15-27(31)32/h9-13,15,18-20,22,25-26H,4-8,14,16-17H2,1-3H3,(H,33,34)/t20-,25+,26-,29?/m1/s1. The first kappa shape index (κ1) is 25.0. The summed E-state index contributed by atoms with van der Waals surface area (Å²) in [6.45, 7) is 7.23. The molecule has 4 nitrogen and oxygen atoms in total. The van der Waals surface area contributed by atoms with Gasteiger partial charge in [-0.1, -0.05) is 75.9 Å². The van der Waals surface area contributed by atoms with E-state index in [0.29, 0.717) is 29.3 Å². The zero-order valence-corrected chi connectivity index (χ0v) is 21.4. The molecule has 0 spiro atoms. The molecule has 1 aromatic carbocycles. The smallest absolute Gasteiger partial charge is 0.314 e. The predicted octanol–water partition coefficient (Wildman–Crippen LogP) is 6.77. The van der Waals surface area contributed by atoms with Crippen LogP contribution >= 0.6 is 11.6 Å². The van der Waals surface area contributed by atoms with Gasteiger partial charge < -0.3 is 9.67 Å². The van der Waals surface area contributed by atoms with Gasteiger partial charge in [0.1, 0.15) is 0 Å². The summed E-state index contributed by atoms with van der Waals surface area (Å²) in [6, 6.07) is 11.2. The van der Waals surface area contributed by atoms with Crippen LogP contribution in [0.1, 0.15) is 76.8 Å². The Bertz CT molecular complexity index is 1050. The molecule has 2 fully saturated rings. The summed E-state index contributed by atoms with van der Waals surface area (Å²) in [7, 11) is 0. The minimum atomic E-state index is -0.856.